The normalized spacial score (nSPS) is 10.6. The summed E-state index contributed by atoms with van der Waals surface area (Å²) in [6, 6.07) is 0. The Kier molecular flexibility index (Phi) is 4.10. The molecule has 0 saturated heterocycles. The highest BCUT2D eigenvalue weighted by Crippen LogP contribution is 2.26. The molecule has 3 heteroatoms. The van der Waals surface area contributed by atoms with Gasteiger partial charge >= 0.3 is 5.97 Å². The van der Waals surface area contributed by atoms with Crippen LogP contribution >= 0.6 is 11.8 Å². The van der Waals surface area contributed by atoms with Crippen molar-refractivity contribution in [2.24, 2.45) is 0 Å². The van der Waals surface area contributed by atoms with E-state index in [4.69, 9.17) is 4.74 Å². The van der Waals surface area contributed by atoms with Crippen molar-refractivity contribution in [3.63, 3.8) is 0 Å². The SMILES string of the molecule is C=CSC(C)(C)OC(=O)C(=C)C. The summed E-state index contributed by atoms with van der Waals surface area (Å²) >= 11 is 1.36. The van der Waals surface area contributed by atoms with E-state index < -0.39 is 4.93 Å². The van der Waals surface area contributed by atoms with E-state index in [-0.39, 0.29) is 5.97 Å². The van der Waals surface area contributed by atoms with Gasteiger partial charge in [-0.05, 0) is 26.2 Å². The van der Waals surface area contributed by atoms with Crippen molar-refractivity contribution in [3.05, 3.63) is 24.1 Å². The van der Waals surface area contributed by atoms with Crippen LogP contribution < -0.4 is 0 Å². The average molecular weight is 186 g/mol. The highest BCUT2D eigenvalue weighted by molar-refractivity contribution is 8.03. The molecule has 0 saturated carbocycles. The first-order valence-corrected chi connectivity index (χ1v) is 4.44. The molecule has 0 aromatic carbocycles. The van der Waals surface area contributed by atoms with E-state index in [0.717, 1.165) is 0 Å². The van der Waals surface area contributed by atoms with Crippen molar-refractivity contribution in [1.29, 1.82) is 0 Å². The maximum Gasteiger partial charge on any atom is 0.334 e. The van der Waals surface area contributed by atoms with Crippen molar-refractivity contribution >= 4 is 17.7 Å². The van der Waals surface area contributed by atoms with E-state index in [9.17, 15) is 4.79 Å². The average Bonchev–Trinajstić information content (AvgIpc) is 1.85. The van der Waals surface area contributed by atoms with Gasteiger partial charge in [-0.25, -0.2) is 4.79 Å². The van der Waals surface area contributed by atoms with E-state index in [0.29, 0.717) is 5.57 Å². The Morgan fingerprint density at radius 2 is 2.08 bits per heavy atom. The Morgan fingerprint density at radius 3 is 2.42 bits per heavy atom. The second-order valence-electron chi connectivity index (χ2n) is 2.85. The molecule has 12 heavy (non-hydrogen) atoms. The van der Waals surface area contributed by atoms with Gasteiger partial charge in [0.05, 0.1) is 0 Å². The molecule has 0 N–H and O–H groups in total. The molecule has 0 aromatic heterocycles. The zero-order chi connectivity index (χ0) is 9.78. The molecule has 0 fully saturated rings. The van der Waals surface area contributed by atoms with Crippen LogP contribution in [0.15, 0.2) is 24.1 Å². The van der Waals surface area contributed by atoms with Crippen LogP contribution in [-0.2, 0) is 9.53 Å². The van der Waals surface area contributed by atoms with E-state index >= 15 is 0 Å². The van der Waals surface area contributed by atoms with Crippen molar-refractivity contribution in [1.82, 2.24) is 0 Å². The van der Waals surface area contributed by atoms with Crippen LogP contribution in [0.2, 0.25) is 0 Å². The standard InChI is InChI=1S/C9H14O2S/c1-6-12-9(4,5)11-8(10)7(2)3/h6H,1-2H2,3-5H3. The number of carbonyl (C=O) groups is 1. The van der Waals surface area contributed by atoms with Crippen molar-refractivity contribution in [2.75, 3.05) is 0 Å². The quantitative estimate of drug-likeness (QED) is 0.383. The van der Waals surface area contributed by atoms with Gasteiger partial charge in [0.1, 0.15) is 0 Å². The number of hydrogen-bond donors (Lipinski definition) is 0. The summed E-state index contributed by atoms with van der Waals surface area (Å²) in [4.78, 5) is 10.5. The Labute approximate surface area is 77.7 Å². The fourth-order valence-corrected chi connectivity index (χ4v) is 1.06. The molecule has 2 nitrogen and oxygen atoms in total. The third kappa shape index (κ3) is 4.23. The molecule has 0 rings (SSSR count). The van der Waals surface area contributed by atoms with Gasteiger partial charge in [0.25, 0.3) is 0 Å². The molecule has 0 aliphatic heterocycles. The lowest BCUT2D eigenvalue weighted by Crippen LogP contribution is -2.23. The lowest BCUT2D eigenvalue weighted by molar-refractivity contribution is -0.144. The first-order valence-electron chi connectivity index (χ1n) is 3.56. The Hall–Kier alpha value is -0.700. The van der Waals surface area contributed by atoms with Gasteiger partial charge in [-0.1, -0.05) is 24.9 Å². The van der Waals surface area contributed by atoms with Crippen molar-refractivity contribution in [2.45, 2.75) is 25.7 Å². The van der Waals surface area contributed by atoms with Gasteiger partial charge in [-0.2, -0.15) is 0 Å². The monoisotopic (exact) mass is 186 g/mol. The molecule has 0 heterocycles. The minimum Gasteiger partial charge on any atom is -0.445 e. The zero-order valence-electron chi connectivity index (χ0n) is 7.72. The van der Waals surface area contributed by atoms with Gasteiger partial charge in [0.15, 0.2) is 4.93 Å². The van der Waals surface area contributed by atoms with Crippen molar-refractivity contribution < 1.29 is 9.53 Å². The van der Waals surface area contributed by atoms with E-state index in [2.05, 4.69) is 13.2 Å². The van der Waals surface area contributed by atoms with E-state index in [1.54, 1.807) is 26.2 Å². The lowest BCUT2D eigenvalue weighted by atomic mass is 10.3. The second-order valence-corrected chi connectivity index (χ2v) is 4.41. The number of hydrogen-bond acceptors (Lipinski definition) is 3. The Bertz CT molecular complexity index is 207. The number of esters is 1. The highest BCUT2D eigenvalue weighted by Gasteiger charge is 2.21. The van der Waals surface area contributed by atoms with Crippen LogP contribution in [0.1, 0.15) is 20.8 Å². The first kappa shape index (κ1) is 11.3. The molecular formula is C9H14O2S. The molecule has 0 aliphatic carbocycles. The maximum absolute atomic E-state index is 11.1. The Balaban J connectivity index is 4.14. The smallest absolute Gasteiger partial charge is 0.334 e. The predicted octanol–water partition coefficient (Wildman–Crippen LogP) is 2.72. The minimum absolute atomic E-state index is 0.366. The zero-order valence-corrected chi connectivity index (χ0v) is 8.53. The number of thioether (sulfide) groups is 1. The van der Waals surface area contributed by atoms with Gasteiger partial charge in [0.2, 0.25) is 0 Å². The topological polar surface area (TPSA) is 26.3 Å². The first-order chi connectivity index (χ1) is 5.39. The lowest BCUT2D eigenvalue weighted by Gasteiger charge is -2.22. The molecule has 0 aromatic rings. The maximum atomic E-state index is 11.1. The summed E-state index contributed by atoms with van der Waals surface area (Å²) in [7, 11) is 0. The van der Waals surface area contributed by atoms with Crippen LogP contribution in [-0.4, -0.2) is 10.9 Å². The highest BCUT2D eigenvalue weighted by atomic mass is 32.2. The number of rotatable bonds is 4. The molecule has 0 aliphatic rings. The van der Waals surface area contributed by atoms with Gasteiger partial charge in [0, 0.05) is 5.57 Å². The molecule has 68 valence electrons. The van der Waals surface area contributed by atoms with Crippen LogP contribution in [0.4, 0.5) is 0 Å². The fraction of sp³-hybridized carbons (Fsp3) is 0.444. The molecular weight excluding hydrogens is 172 g/mol. The molecule has 0 amide bonds. The largest absolute Gasteiger partial charge is 0.445 e. The van der Waals surface area contributed by atoms with Crippen LogP contribution in [0.5, 0.6) is 0 Å². The van der Waals surface area contributed by atoms with Crippen molar-refractivity contribution in [3.8, 4) is 0 Å². The molecule has 0 unspecified atom stereocenters. The number of ether oxygens (including phenoxy) is 1. The summed E-state index contributed by atoms with van der Waals surface area (Å²) in [6.07, 6.45) is 0. The fourth-order valence-electron chi connectivity index (χ4n) is 0.535. The van der Waals surface area contributed by atoms with Crippen LogP contribution in [0.25, 0.3) is 0 Å². The van der Waals surface area contributed by atoms with Crippen LogP contribution in [0, 0.1) is 0 Å². The second kappa shape index (κ2) is 4.36. The predicted molar refractivity (Wildman–Crippen MR) is 52.8 cm³/mol. The molecule has 0 spiro atoms. The van der Waals surface area contributed by atoms with Gasteiger partial charge < -0.3 is 4.74 Å². The van der Waals surface area contributed by atoms with Gasteiger partial charge in [-0.3, -0.25) is 0 Å². The summed E-state index contributed by atoms with van der Waals surface area (Å²) in [6.45, 7) is 12.3. The molecule has 0 bridgehead atoms. The van der Waals surface area contributed by atoms with Gasteiger partial charge in [-0.15, -0.1) is 0 Å². The third-order valence-corrected chi connectivity index (χ3v) is 1.87. The van der Waals surface area contributed by atoms with Crippen LogP contribution in [0.3, 0.4) is 0 Å². The summed E-state index contributed by atoms with van der Waals surface area (Å²) < 4.78 is 5.09. The minimum atomic E-state index is -0.558. The number of carbonyl (C=O) groups excluding carboxylic acids is 1. The van der Waals surface area contributed by atoms with E-state index in [1.165, 1.54) is 11.8 Å². The van der Waals surface area contributed by atoms with E-state index in [1.807, 2.05) is 0 Å². The summed E-state index contributed by atoms with van der Waals surface area (Å²) in [5.41, 5.74) is 0.410. The Morgan fingerprint density at radius 1 is 1.58 bits per heavy atom. The summed E-state index contributed by atoms with van der Waals surface area (Å²) in [5, 5.41) is 1.64. The molecule has 0 atom stereocenters. The molecule has 0 radical (unpaired) electrons. The third-order valence-electron chi connectivity index (χ3n) is 1.05. The summed E-state index contributed by atoms with van der Waals surface area (Å²) in [5.74, 6) is -0.366.